The zero-order chi connectivity index (χ0) is 20.1. The average Bonchev–Trinajstić information content (AvgIpc) is 2.73. The number of rotatable bonds is 5. The highest BCUT2D eigenvalue weighted by Gasteiger charge is 2.30. The van der Waals surface area contributed by atoms with E-state index >= 15 is 0 Å². The molecule has 0 bridgehead atoms. The van der Waals surface area contributed by atoms with Crippen molar-refractivity contribution in [1.82, 2.24) is 4.90 Å². The molecule has 5 heteroatoms. The quantitative estimate of drug-likeness (QED) is 0.780. The van der Waals surface area contributed by atoms with Crippen molar-refractivity contribution in [2.75, 3.05) is 6.54 Å². The molecule has 28 heavy (non-hydrogen) atoms. The lowest BCUT2D eigenvalue weighted by atomic mass is 9.99. The van der Waals surface area contributed by atoms with Gasteiger partial charge in [-0.2, -0.15) is 0 Å². The Balaban J connectivity index is 1.63. The zero-order valence-corrected chi connectivity index (χ0v) is 16.4. The van der Waals surface area contributed by atoms with Gasteiger partial charge in [-0.1, -0.05) is 31.2 Å². The number of piperidine rings is 1. The molecule has 3 rings (SSSR count). The molecule has 0 aliphatic carbocycles. The van der Waals surface area contributed by atoms with E-state index in [0.29, 0.717) is 5.56 Å². The smallest absolute Gasteiger partial charge is 0.338 e. The fourth-order valence-corrected chi connectivity index (χ4v) is 3.68. The molecule has 1 heterocycles. The second kappa shape index (κ2) is 8.91. The molecule has 2 aromatic rings. The van der Waals surface area contributed by atoms with Gasteiger partial charge in [-0.15, -0.1) is 0 Å². The van der Waals surface area contributed by atoms with Gasteiger partial charge in [-0.05, 0) is 68.0 Å². The SMILES string of the molecule is CCC1CCCCN1C(=O)C(C)OC(=O)c1ccc(-c2ccc(O)cc2)cc1. The van der Waals surface area contributed by atoms with Crippen LogP contribution in [0.2, 0.25) is 0 Å². The van der Waals surface area contributed by atoms with E-state index in [2.05, 4.69) is 6.92 Å². The highest BCUT2D eigenvalue weighted by Crippen LogP contribution is 2.23. The summed E-state index contributed by atoms with van der Waals surface area (Å²) in [5.74, 6) is -0.398. The van der Waals surface area contributed by atoms with Crippen LogP contribution in [0.15, 0.2) is 48.5 Å². The Morgan fingerprint density at radius 1 is 1.07 bits per heavy atom. The van der Waals surface area contributed by atoms with Crippen molar-refractivity contribution in [2.45, 2.75) is 51.7 Å². The number of esters is 1. The van der Waals surface area contributed by atoms with Crippen molar-refractivity contribution in [3.05, 3.63) is 54.1 Å². The van der Waals surface area contributed by atoms with E-state index in [1.807, 2.05) is 29.2 Å². The van der Waals surface area contributed by atoms with Gasteiger partial charge in [-0.25, -0.2) is 4.79 Å². The second-order valence-electron chi connectivity index (χ2n) is 7.26. The van der Waals surface area contributed by atoms with Crippen LogP contribution in [-0.4, -0.2) is 40.6 Å². The van der Waals surface area contributed by atoms with E-state index in [-0.39, 0.29) is 17.7 Å². The number of amides is 1. The molecule has 0 spiro atoms. The number of aromatic hydroxyl groups is 1. The minimum absolute atomic E-state index is 0.111. The number of ether oxygens (including phenoxy) is 1. The maximum absolute atomic E-state index is 12.7. The standard InChI is InChI=1S/C23H27NO4/c1-3-20-6-4-5-15-24(20)22(26)16(2)28-23(27)19-9-7-17(8-10-19)18-11-13-21(25)14-12-18/h7-14,16,20,25H,3-6,15H2,1-2H3. The average molecular weight is 381 g/mol. The van der Waals surface area contributed by atoms with E-state index in [1.165, 1.54) is 0 Å². The molecule has 1 saturated heterocycles. The highest BCUT2D eigenvalue weighted by atomic mass is 16.5. The Kier molecular flexibility index (Phi) is 6.34. The van der Waals surface area contributed by atoms with E-state index in [1.54, 1.807) is 31.2 Å². The molecule has 0 radical (unpaired) electrons. The van der Waals surface area contributed by atoms with Crippen LogP contribution in [0, 0.1) is 0 Å². The summed E-state index contributed by atoms with van der Waals surface area (Å²) in [6.45, 7) is 4.47. The first-order valence-corrected chi connectivity index (χ1v) is 9.90. The second-order valence-corrected chi connectivity index (χ2v) is 7.26. The van der Waals surface area contributed by atoms with Gasteiger partial charge in [-0.3, -0.25) is 4.79 Å². The van der Waals surface area contributed by atoms with Crippen molar-refractivity contribution in [3.63, 3.8) is 0 Å². The third-order valence-corrected chi connectivity index (χ3v) is 5.33. The van der Waals surface area contributed by atoms with Gasteiger partial charge in [0.05, 0.1) is 5.56 Å². The van der Waals surface area contributed by atoms with E-state index < -0.39 is 12.1 Å². The minimum Gasteiger partial charge on any atom is -0.508 e. The maximum Gasteiger partial charge on any atom is 0.338 e. The first-order valence-electron chi connectivity index (χ1n) is 9.90. The molecular weight excluding hydrogens is 354 g/mol. The van der Waals surface area contributed by atoms with Crippen LogP contribution >= 0.6 is 0 Å². The molecule has 2 aromatic carbocycles. The molecule has 1 N–H and O–H groups in total. The number of hydrogen-bond donors (Lipinski definition) is 1. The molecule has 0 aromatic heterocycles. The predicted octanol–water partition coefficient (Wildman–Crippen LogP) is 4.40. The lowest BCUT2D eigenvalue weighted by Crippen LogP contribution is -2.48. The summed E-state index contributed by atoms with van der Waals surface area (Å²) < 4.78 is 5.44. The van der Waals surface area contributed by atoms with Crippen LogP contribution in [0.1, 0.15) is 49.9 Å². The lowest BCUT2D eigenvalue weighted by molar-refractivity contribution is -0.143. The number of likely N-dealkylation sites (tertiary alicyclic amines) is 1. The van der Waals surface area contributed by atoms with Gasteiger partial charge in [0.25, 0.3) is 5.91 Å². The van der Waals surface area contributed by atoms with Gasteiger partial charge in [0.2, 0.25) is 0 Å². The monoisotopic (exact) mass is 381 g/mol. The Morgan fingerprint density at radius 3 is 2.29 bits per heavy atom. The van der Waals surface area contributed by atoms with E-state index in [4.69, 9.17) is 4.74 Å². The van der Waals surface area contributed by atoms with Gasteiger partial charge in [0, 0.05) is 12.6 Å². The number of carbonyl (C=O) groups is 2. The first-order chi connectivity index (χ1) is 13.5. The van der Waals surface area contributed by atoms with Crippen LogP contribution in [0.25, 0.3) is 11.1 Å². The zero-order valence-electron chi connectivity index (χ0n) is 16.4. The molecule has 1 aliphatic rings. The molecular formula is C23H27NO4. The van der Waals surface area contributed by atoms with E-state index in [9.17, 15) is 14.7 Å². The van der Waals surface area contributed by atoms with Crippen molar-refractivity contribution < 1.29 is 19.4 Å². The van der Waals surface area contributed by atoms with E-state index in [0.717, 1.165) is 43.4 Å². The van der Waals surface area contributed by atoms with Crippen LogP contribution in [0.5, 0.6) is 5.75 Å². The molecule has 148 valence electrons. The topological polar surface area (TPSA) is 66.8 Å². The predicted molar refractivity (Wildman–Crippen MR) is 108 cm³/mol. The number of hydrogen-bond acceptors (Lipinski definition) is 4. The molecule has 2 atom stereocenters. The molecule has 5 nitrogen and oxygen atoms in total. The van der Waals surface area contributed by atoms with Crippen LogP contribution < -0.4 is 0 Å². The molecule has 1 fully saturated rings. The molecule has 2 unspecified atom stereocenters. The van der Waals surface area contributed by atoms with Crippen LogP contribution in [0.3, 0.4) is 0 Å². The van der Waals surface area contributed by atoms with Crippen molar-refractivity contribution in [1.29, 1.82) is 0 Å². The van der Waals surface area contributed by atoms with Crippen molar-refractivity contribution >= 4 is 11.9 Å². The van der Waals surface area contributed by atoms with Crippen molar-refractivity contribution in [3.8, 4) is 16.9 Å². The Bertz CT molecular complexity index is 814. The third kappa shape index (κ3) is 4.53. The van der Waals surface area contributed by atoms with Crippen LogP contribution in [-0.2, 0) is 9.53 Å². The fraction of sp³-hybridized carbons (Fsp3) is 0.391. The number of nitrogens with zero attached hydrogens (tertiary/aromatic N) is 1. The summed E-state index contributed by atoms with van der Waals surface area (Å²) in [5, 5.41) is 9.38. The Morgan fingerprint density at radius 2 is 1.68 bits per heavy atom. The van der Waals surface area contributed by atoms with Gasteiger partial charge >= 0.3 is 5.97 Å². The lowest BCUT2D eigenvalue weighted by Gasteiger charge is -2.36. The number of phenols is 1. The summed E-state index contributed by atoms with van der Waals surface area (Å²) in [4.78, 5) is 27.1. The number of phenolic OH excluding ortho intramolecular Hbond substituents is 1. The Labute approximate surface area is 165 Å². The van der Waals surface area contributed by atoms with Gasteiger partial charge in [0.15, 0.2) is 6.10 Å². The maximum atomic E-state index is 12.7. The largest absolute Gasteiger partial charge is 0.508 e. The number of benzene rings is 2. The fourth-order valence-electron chi connectivity index (χ4n) is 3.68. The summed E-state index contributed by atoms with van der Waals surface area (Å²) in [5.41, 5.74) is 2.28. The highest BCUT2D eigenvalue weighted by molar-refractivity contribution is 5.92. The Hall–Kier alpha value is -2.82. The van der Waals surface area contributed by atoms with Crippen molar-refractivity contribution in [2.24, 2.45) is 0 Å². The molecule has 1 amide bonds. The summed E-state index contributed by atoms with van der Waals surface area (Å²) >= 11 is 0. The normalized spacial score (nSPS) is 17.8. The minimum atomic E-state index is -0.795. The molecule has 0 saturated carbocycles. The van der Waals surface area contributed by atoms with Gasteiger partial charge in [0.1, 0.15) is 5.75 Å². The summed E-state index contributed by atoms with van der Waals surface area (Å²) in [7, 11) is 0. The first kappa shape index (κ1) is 19.9. The molecule has 1 aliphatic heterocycles. The summed E-state index contributed by atoms with van der Waals surface area (Å²) in [6.07, 6.45) is 3.29. The van der Waals surface area contributed by atoms with Crippen LogP contribution in [0.4, 0.5) is 0 Å². The van der Waals surface area contributed by atoms with Gasteiger partial charge < -0.3 is 14.7 Å². The third-order valence-electron chi connectivity index (χ3n) is 5.33. The summed E-state index contributed by atoms with van der Waals surface area (Å²) in [6, 6.07) is 14.1. The number of carbonyl (C=O) groups excluding carboxylic acids is 2.